The molecule has 0 fully saturated rings. The lowest BCUT2D eigenvalue weighted by atomic mass is 10.1. The van der Waals surface area contributed by atoms with Crippen molar-refractivity contribution >= 4 is 10.0 Å². The fourth-order valence-electron chi connectivity index (χ4n) is 2.67. The van der Waals surface area contributed by atoms with Crippen LogP contribution in [0, 0.1) is 0 Å². The summed E-state index contributed by atoms with van der Waals surface area (Å²) in [4.78, 5) is 0. The highest BCUT2D eigenvalue weighted by Crippen LogP contribution is 2.30. The molecule has 0 aromatic heterocycles. The van der Waals surface area contributed by atoms with Gasteiger partial charge in [-0.05, 0) is 12.1 Å². The lowest BCUT2D eigenvalue weighted by Crippen LogP contribution is -2.31. The Morgan fingerprint density at radius 3 is 1.54 bits per heavy atom. The molecule has 0 saturated carbocycles. The van der Waals surface area contributed by atoms with Crippen molar-refractivity contribution in [3.63, 3.8) is 0 Å². The van der Waals surface area contributed by atoms with E-state index in [0.717, 1.165) is 4.31 Å². The van der Waals surface area contributed by atoms with Gasteiger partial charge in [0.2, 0.25) is 16.0 Å². The van der Waals surface area contributed by atoms with Crippen molar-refractivity contribution < 1.29 is 31.8 Å². The van der Waals surface area contributed by atoms with Crippen LogP contribution in [-0.4, -0.2) is 47.2 Å². The molecule has 0 radical (unpaired) electrons. The highest BCUT2D eigenvalue weighted by Gasteiger charge is 2.25. The van der Waals surface area contributed by atoms with Gasteiger partial charge < -0.3 is 18.9 Å². The molecule has 0 spiro atoms. The first-order valence-corrected chi connectivity index (χ1v) is 9.95. The van der Waals surface area contributed by atoms with Gasteiger partial charge in [0.25, 0.3) is 0 Å². The first-order chi connectivity index (χ1) is 13.4. The van der Waals surface area contributed by atoms with Gasteiger partial charge in [0.15, 0.2) is 0 Å². The largest absolute Gasteiger partial charge is 0.497 e. The number of sulfonamides is 1. The summed E-state index contributed by atoms with van der Waals surface area (Å²) in [5.41, 5.74) is 1.15. The molecule has 0 bridgehead atoms. The lowest BCUT2D eigenvalue weighted by molar-refractivity contribution is 0.353. The van der Waals surface area contributed by atoms with Crippen molar-refractivity contribution in [1.82, 2.24) is 4.31 Å². The summed E-state index contributed by atoms with van der Waals surface area (Å²) < 4.78 is 60.0. The highest BCUT2D eigenvalue weighted by atomic mass is 32.2. The van der Waals surface area contributed by atoms with Crippen LogP contribution in [-0.2, 0) is 23.1 Å². The maximum Gasteiger partial charge on any atom is 0.244 e. The van der Waals surface area contributed by atoms with E-state index in [2.05, 4.69) is 0 Å². The molecule has 0 atom stereocenters. The highest BCUT2D eigenvalue weighted by molar-refractivity contribution is 7.88. The molecule has 154 valence electrons. The van der Waals surface area contributed by atoms with Crippen LogP contribution in [0.4, 0.5) is 4.39 Å². The maximum absolute atomic E-state index is 13.3. The predicted octanol–water partition coefficient (Wildman–Crippen LogP) is 2.98. The third kappa shape index (κ3) is 5.05. The van der Waals surface area contributed by atoms with Crippen molar-refractivity contribution in [2.24, 2.45) is 0 Å². The predicted molar refractivity (Wildman–Crippen MR) is 103 cm³/mol. The topological polar surface area (TPSA) is 74.3 Å². The minimum absolute atomic E-state index is 0.0748. The van der Waals surface area contributed by atoms with Crippen LogP contribution in [0.25, 0.3) is 0 Å². The van der Waals surface area contributed by atoms with Crippen LogP contribution in [0.15, 0.2) is 36.4 Å². The molecule has 9 heteroatoms. The number of nitrogens with zero attached hydrogens (tertiary/aromatic N) is 1. The summed E-state index contributed by atoms with van der Waals surface area (Å²) in [6.45, 7) is -0.150. The summed E-state index contributed by atoms with van der Waals surface area (Å²) in [5, 5.41) is 0. The van der Waals surface area contributed by atoms with E-state index in [4.69, 9.17) is 18.9 Å². The van der Waals surface area contributed by atoms with Crippen LogP contribution in [0.5, 0.6) is 23.0 Å². The van der Waals surface area contributed by atoms with Crippen molar-refractivity contribution in [3.8, 4) is 23.0 Å². The first-order valence-electron chi connectivity index (χ1n) is 8.34. The molecule has 0 aliphatic rings. The van der Waals surface area contributed by atoms with E-state index in [1.54, 1.807) is 36.4 Å². The van der Waals surface area contributed by atoms with Crippen LogP contribution >= 0.6 is 0 Å². The Hall–Kier alpha value is -2.52. The summed E-state index contributed by atoms with van der Waals surface area (Å²) in [6, 6.07) is 8.52. The smallest absolute Gasteiger partial charge is 0.244 e. The van der Waals surface area contributed by atoms with E-state index in [1.165, 1.54) is 28.4 Å². The Morgan fingerprint density at radius 2 is 1.21 bits per heavy atom. The minimum atomic E-state index is -4.14. The number of hydrogen-bond donors (Lipinski definition) is 0. The average molecular weight is 413 g/mol. The molecule has 0 heterocycles. The summed E-state index contributed by atoms with van der Waals surface area (Å²) in [5.74, 6) is 2.02. The normalized spacial score (nSPS) is 11.4. The quantitative estimate of drug-likeness (QED) is 0.596. The van der Waals surface area contributed by atoms with Gasteiger partial charge >= 0.3 is 0 Å². The number of benzene rings is 2. The average Bonchev–Trinajstić information content (AvgIpc) is 2.73. The van der Waals surface area contributed by atoms with Gasteiger partial charge in [0, 0.05) is 36.3 Å². The molecule has 0 unspecified atom stereocenters. The van der Waals surface area contributed by atoms with E-state index in [0.29, 0.717) is 34.1 Å². The third-order valence-corrected chi connectivity index (χ3v) is 5.53. The van der Waals surface area contributed by atoms with E-state index in [9.17, 15) is 12.8 Å². The minimum Gasteiger partial charge on any atom is -0.497 e. The molecule has 0 amide bonds. The van der Waals surface area contributed by atoms with E-state index < -0.39 is 16.0 Å². The summed E-state index contributed by atoms with van der Waals surface area (Å²) >= 11 is 0. The molecule has 0 N–H and O–H groups in total. The van der Waals surface area contributed by atoms with Crippen molar-refractivity contribution in [1.29, 1.82) is 0 Å². The summed E-state index contributed by atoms with van der Waals surface area (Å²) in [7, 11) is 1.83. The number of rotatable bonds is 10. The Bertz CT molecular complexity index is 846. The fourth-order valence-corrected chi connectivity index (χ4v) is 3.48. The number of hydrogen-bond acceptors (Lipinski definition) is 6. The maximum atomic E-state index is 13.3. The third-order valence-electron chi connectivity index (χ3n) is 4.21. The number of alkyl halides is 1. The molecule has 0 aliphatic heterocycles. The molecular formula is C19H24FNO6S. The number of halogens is 1. The molecule has 0 saturated heterocycles. The second kappa shape index (κ2) is 9.61. The van der Waals surface area contributed by atoms with Gasteiger partial charge in [-0.3, -0.25) is 0 Å². The van der Waals surface area contributed by atoms with Crippen molar-refractivity contribution in [3.05, 3.63) is 47.5 Å². The van der Waals surface area contributed by atoms with Gasteiger partial charge in [0.1, 0.15) is 23.0 Å². The Labute approximate surface area is 164 Å². The second-order valence-corrected chi connectivity index (χ2v) is 7.74. The van der Waals surface area contributed by atoms with Crippen molar-refractivity contribution in [2.75, 3.05) is 34.4 Å². The molecule has 2 rings (SSSR count). The molecular weight excluding hydrogens is 389 g/mol. The molecule has 0 aliphatic carbocycles. The van der Waals surface area contributed by atoms with Crippen LogP contribution in [0.1, 0.15) is 11.1 Å². The van der Waals surface area contributed by atoms with Crippen molar-refractivity contribution in [2.45, 2.75) is 13.1 Å². The standard InChI is InChI=1S/C19H24FNO6S/c1-24-16-7-5-14(18(9-16)26-3)11-21(28(22,23)13-20)12-15-6-8-17(25-2)10-19(15)27-4/h5-10H,11-13H2,1-4H3. The summed E-state index contributed by atoms with van der Waals surface area (Å²) in [6.07, 6.45) is 0. The Balaban J connectivity index is 2.40. The van der Waals surface area contributed by atoms with E-state index >= 15 is 0 Å². The lowest BCUT2D eigenvalue weighted by Gasteiger charge is -2.23. The first kappa shape index (κ1) is 21.8. The zero-order valence-corrected chi connectivity index (χ0v) is 17.1. The monoisotopic (exact) mass is 413 g/mol. The zero-order chi connectivity index (χ0) is 20.7. The molecule has 7 nitrogen and oxygen atoms in total. The Morgan fingerprint density at radius 1 is 0.786 bits per heavy atom. The van der Waals surface area contributed by atoms with Gasteiger partial charge in [-0.1, -0.05) is 12.1 Å². The molecule has 2 aromatic rings. The second-order valence-electron chi connectivity index (χ2n) is 5.84. The SMILES string of the molecule is COc1ccc(CN(Cc2ccc(OC)cc2OC)S(=O)(=O)CF)c(OC)c1. The van der Waals surface area contributed by atoms with Gasteiger partial charge in [0.05, 0.1) is 28.4 Å². The van der Waals surface area contributed by atoms with Crippen LogP contribution < -0.4 is 18.9 Å². The van der Waals surface area contributed by atoms with E-state index in [-0.39, 0.29) is 13.1 Å². The molecule has 2 aromatic carbocycles. The van der Waals surface area contributed by atoms with Crippen LogP contribution in [0.2, 0.25) is 0 Å². The van der Waals surface area contributed by atoms with Gasteiger partial charge in [-0.2, -0.15) is 4.31 Å². The van der Waals surface area contributed by atoms with Crippen LogP contribution in [0.3, 0.4) is 0 Å². The zero-order valence-electron chi connectivity index (χ0n) is 16.3. The fraction of sp³-hybridized carbons (Fsp3) is 0.368. The van der Waals surface area contributed by atoms with Gasteiger partial charge in [-0.15, -0.1) is 0 Å². The van der Waals surface area contributed by atoms with E-state index in [1.807, 2.05) is 0 Å². The number of ether oxygens (including phenoxy) is 4. The number of methoxy groups -OCH3 is 4. The Kier molecular flexibility index (Phi) is 7.47. The van der Waals surface area contributed by atoms with Gasteiger partial charge in [-0.25, -0.2) is 12.8 Å². The molecule has 28 heavy (non-hydrogen) atoms.